The van der Waals surface area contributed by atoms with Gasteiger partial charge in [-0.1, -0.05) is 11.6 Å². The molecule has 9 heteroatoms. The smallest absolute Gasteiger partial charge is 0.257 e. The minimum atomic E-state index is -0.503. The number of pyridine rings is 1. The van der Waals surface area contributed by atoms with Gasteiger partial charge in [0.2, 0.25) is 11.8 Å². The Bertz CT molecular complexity index is 1080. The highest BCUT2D eigenvalue weighted by molar-refractivity contribution is 6.34. The van der Waals surface area contributed by atoms with Crippen molar-refractivity contribution in [1.29, 1.82) is 0 Å². The van der Waals surface area contributed by atoms with Gasteiger partial charge in [-0.15, -0.1) is 0 Å². The van der Waals surface area contributed by atoms with Crippen LogP contribution in [0.25, 0.3) is 0 Å². The highest BCUT2D eigenvalue weighted by Crippen LogP contribution is 2.27. The Morgan fingerprint density at radius 3 is 2.47 bits per heavy atom. The Balaban J connectivity index is 1.67. The quantitative estimate of drug-likeness (QED) is 0.619. The Morgan fingerprint density at radius 2 is 1.90 bits per heavy atom. The van der Waals surface area contributed by atoms with Crippen LogP contribution in [0, 0.1) is 13.8 Å². The van der Waals surface area contributed by atoms with E-state index >= 15 is 0 Å². The number of methoxy groups -OCH3 is 1. The number of anilines is 2. The highest BCUT2D eigenvalue weighted by Gasteiger charge is 2.19. The van der Waals surface area contributed by atoms with Crippen LogP contribution >= 0.6 is 11.6 Å². The molecule has 0 bridgehead atoms. The first-order valence-electron chi connectivity index (χ1n) is 9.23. The third kappa shape index (κ3) is 4.77. The van der Waals surface area contributed by atoms with Crippen molar-refractivity contribution in [2.45, 2.75) is 26.8 Å². The third-order valence-electron chi connectivity index (χ3n) is 4.48. The summed E-state index contributed by atoms with van der Waals surface area (Å²) in [5.74, 6) is -0.162. The number of amides is 2. The maximum atomic E-state index is 12.6. The fraction of sp³-hybridized carbons (Fsp3) is 0.238. The number of aryl methyl sites for hydroxylation is 2. The number of halogens is 1. The average molecular weight is 428 g/mol. The molecule has 2 aromatic heterocycles. The molecule has 0 aliphatic rings. The summed E-state index contributed by atoms with van der Waals surface area (Å²) in [6, 6.07) is 9.48. The molecule has 0 radical (unpaired) electrons. The van der Waals surface area contributed by atoms with Gasteiger partial charge in [-0.25, -0.2) is 4.98 Å². The van der Waals surface area contributed by atoms with Crippen LogP contribution in [0.1, 0.15) is 34.7 Å². The van der Waals surface area contributed by atoms with Crippen LogP contribution in [0.2, 0.25) is 5.02 Å². The molecule has 0 fully saturated rings. The number of carbonyl (C=O) groups excluding carboxylic acids is 2. The number of nitrogens with one attached hydrogen (secondary N) is 2. The van der Waals surface area contributed by atoms with Crippen molar-refractivity contribution < 1.29 is 14.3 Å². The molecule has 2 N–H and O–H groups in total. The molecule has 156 valence electrons. The maximum Gasteiger partial charge on any atom is 0.257 e. The maximum absolute atomic E-state index is 12.6. The minimum absolute atomic E-state index is 0.246. The van der Waals surface area contributed by atoms with E-state index in [9.17, 15) is 9.59 Å². The summed E-state index contributed by atoms with van der Waals surface area (Å²) < 4.78 is 6.64. The van der Waals surface area contributed by atoms with Gasteiger partial charge >= 0.3 is 0 Å². The number of carbonyl (C=O) groups is 2. The van der Waals surface area contributed by atoms with E-state index in [1.807, 2.05) is 19.9 Å². The zero-order valence-electron chi connectivity index (χ0n) is 17.1. The van der Waals surface area contributed by atoms with Crippen LogP contribution in [0.5, 0.6) is 5.88 Å². The Hall–Kier alpha value is -3.39. The lowest BCUT2D eigenvalue weighted by Crippen LogP contribution is -2.25. The first kappa shape index (κ1) is 21.3. The van der Waals surface area contributed by atoms with Crippen molar-refractivity contribution in [3.8, 4) is 5.88 Å². The van der Waals surface area contributed by atoms with E-state index in [0.717, 1.165) is 11.4 Å². The predicted octanol–water partition coefficient (Wildman–Crippen LogP) is 4.01. The van der Waals surface area contributed by atoms with Crippen LogP contribution in [-0.4, -0.2) is 33.7 Å². The molecule has 3 aromatic rings. The lowest BCUT2D eigenvalue weighted by atomic mass is 10.2. The van der Waals surface area contributed by atoms with Crippen LogP contribution in [0.4, 0.5) is 11.4 Å². The third-order valence-corrected chi connectivity index (χ3v) is 4.80. The fourth-order valence-corrected chi connectivity index (χ4v) is 3.15. The number of rotatable bonds is 6. The summed E-state index contributed by atoms with van der Waals surface area (Å²) in [5.41, 5.74) is 3.05. The summed E-state index contributed by atoms with van der Waals surface area (Å²) in [7, 11) is 1.50. The molecule has 1 unspecified atom stereocenters. The zero-order chi connectivity index (χ0) is 21.8. The molecule has 0 aliphatic heterocycles. The average Bonchev–Trinajstić information content (AvgIpc) is 3.07. The SMILES string of the molecule is COc1ccc(C(=O)Nc2ccc(NC(=O)C(C)n3nc(C)cc3C)c(Cl)c2)cn1. The van der Waals surface area contributed by atoms with Crippen molar-refractivity contribution in [2.75, 3.05) is 17.7 Å². The predicted molar refractivity (Wildman–Crippen MR) is 115 cm³/mol. The van der Waals surface area contributed by atoms with E-state index < -0.39 is 6.04 Å². The topological polar surface area (TPSA) is 98.1 Å². The molecule has 3 rings (SSSR count). The second-order valence-electron chi connectivity index (χ2n) is 6.77. The van der Waals surface area contributed by atoms with Gasteiger partial charge in [0.05, 0.1) is 29.1 Å². The van der Waals surface area contributed by atoms with Crippen molar-refractivity contribution in [1.82, 2.24) is 14.8 Å². The summed E-state index contributed by atoms with van der Waals surface area (Å²) in [6.45, 7) is 5.53. The molecule has 0 saturated carbocycles. The van der Waals surface area contributed by atoms with Crippen molar-refractivity contribution in [3.05, 3.63) is 64.6 Å². The van der Waals surface area contributed by atoms with E-state index in [2.05, 4.69) is 20.7 Å². The number of benzene rings is 1. The number of hydrogen-bond acceptors (Lipinski definition) is 5. The fourth-order valence-electron chi connectivity index (χ4n) is 2.92. The molecule has 8 nitrogen and oxygen atoms in total. The van der Waals surface area contributed by atoms with Gasteiger partial charge < -0.3 is 15.4 Å². The molecule has 1 atom stereocenters. The van der Waals surface area contributed by atoms with Crippen molar-refractivity contribution in [3.63, 3.8) is 0 Å². The summed E-state index contributed by atoms with van der Waals surface area (Å²) >= 11 is 6.31. The van der Waals surface area contributed by atoms with E-state index in [-0.39, 0.29) is 11.8 Å². The summed E-state index contributed by atoms with van der Waals surface area (Å²) in [4.78, 5) is 29.0. The summed E-state index contributed by atoms with van der Waals surface area (Å²) in [5, 5.41) is 10.2. The molecule has 2 heterocycles. The van der Waals surface area contributed by atoms with Crippen molar-refractivity contribution >= 4 is 34.8 Å². The Labute approximate surface area is 179 Å². The van der Waals surface area contributed by atoms with Crippen LogP contribution in [0.15, 0.2) is 42.6 Å². The summed E-state index contributed by atoms with van der Waals surface area (Å²) in [6.07, 6.45) is 1.42. The first-order valence-corrected chi connectivity index (χ1v) is 9.61. The van der Waals surface area contributed by atoms with Crippen LogP contribution in [0.3, 0.4) is 0 Å². The van der Waals surface area contributed by atoms with Gasteiger partial charge in [0.25, 0.3) is 5.91 Å². The number of aromatic nitrogens is 3. The molecule has 30 heavy (non-hydrogen) atoms. The Morgan fingerprint density at radius 1 is 1.13 bits per heavy atom. The van der Waals surface area contributed by atoms with Gasteiger partial charge in [-0.3, -0.25) is 14.3 Å². The largest absolute Gasteiger partial charge is 0.481 e. The second kappa shape index (κ2) is 8.96. The van der Waals surface area contributed by atoms with Gasteiger partial charge in [0.15, 0.2) is 0 Å². The van der Waals surface area contributed by atoms with E-state index in [1.165, 1.54) is 13.3 Å². The van der Waals surface area contributed by atoms with Gasteiger partial charge in [0, 0.05) is 23.6 Å². The van der Waals surface area contributed by atoms with Crippen LogP contribution < -0.4 is 15.4 Å². The van der Waals surface area contributed by atoms with Crippen LogP contribution in [-0.2, 0) is 4.79 Å². The second-order valence-corrected chi connectivity index (χ2v) is 7.18. The molecule has 0 spiro atoms. The molecule has 2 amide bonds. The van der Waals surface area contributed by atoms with E-state index in [0.29, 0.717) is 27.8 Å². The lowest BCUT2D eigenvalue weighted by molar-refractivity contribution is -0.119. The number of hydrogen-bond donors (Lipinski definition) is 2. The zero-order valence-corrected chi connectivity index (χ0v) is 17.8. The number of ether oxygens (including phenoxy) is 1. The van der Waals surface area contributed by atoms with Gasteiger partial charge in [0.1, 0.15) is 6.04 Å². The minimum Gasteiger partial charge on any atom is -0.481 e. The monoisotopic (exact) mass is 427 g/mol. The molecule has 1 aromatic carbocycles. The number of nitrogens with zero attached hydrogens (tertiary/aromatic N) is 3. The van der Waals surface area contributed by atoms with E-state index in [4.69, 9.17) is 16.3 Å². The molecule has 0 saturated heterocycles. The van der Waals surface area contributed by atoms with Crippen molar-refractivity contribution in [2.24, 2.45) is 0 Å². The molecule has 0 aliphatic carbocycles. The van der Waals surface area contributed by atoms with Gasteiger partial charge in [-0.05, 0) is 51.1 Å². The normalized spacial score (nSPS) is 11.6. The standard InChI is InChI=1S/C21H22ClN5O3/c1-12-9-13(2)27(26-12)14(3)20(28)25-18-7-6-16(10-17(18)22)24-21(29)15-5-8-19(30-4)23-11-15/h5-11,14H,1-4H3,(H,24,29)(H,25,28). The molecular formula is C21H22ClN5O3. The van der Waals surface area contributed by atoms with Gasteiger partial charge in [-0.2, -0.15) is 5.10 Å². The lowest BCUT2D eigenvalue weighted by Gasteiger charge is -2.16. The highest BCUT2D eigenvalue weighted by atomic mass is 35.5. The molecular weight excluding hydrogens is 406 g/mol. The first-order chi connectivity index (χ1) is 14.3. The van der Waals surface area contributed by atoms with E-state index in [1.54, 1.807) is 41.9 Å². The Kier molecular flexibility index (Phi) is 6.37.